The van der Waals surface area contributed by atoms with E-state index in [2.05, 4.69) is 5.32 Å². The second-order valence-electron chi connectivity index (χ2n) is 14.7. The number of benzene rings is 3. The predicted octanol–water partition coefficient (Wildman–Crippen LogP) is 6.26. The van der Waals surface area contributed by atoms with Gasteiger partial charge in [0.1, 0.15) is 17.6 Å². The number of rotatable bonds is 13. The van der Waals surface area contributed by atoms with E-state index in [-0.39, 0.29) is 4.90 Å². The number of ether oxygens (including phenoxy) is 1. The number of esters is 1. The van der Waals surface area contributed by atoms with E-state index in [9.17, 15) is 37.1 Å². The lowest BCUT2D eigenvalue weighted by Gasteiger charge is -2.40. The Balaban J connectivity index is 1.73. The Bertz CT molecular complexity index is 1870. The largest absolute Gasteiger partial charge is 0.471 e. The molecule has 4 rings (SSSR count). The number of hydrogen-bond donors (Lipinski definition) is 1. The van der Waals surface area contributed by atoms with Crippen molar-refractivity contribution in [1.29, 1.82) is 0 Å². The monoisotopic (exact) mass is 784 g/mol. The molecule has 1 fully saturated rings. The number of hydrogen-bond acceptors (Lipinski definition) is 6. The van der Waals surface area contributed by atoms with Crippen LogP contribution in [0.15, 0.2) is 78.9 Å². The maximum absolute atomic E-state index is 14.4. The molecule has 3 aromatic carbocycles. The predicted molar refractivity (Wildman–Crippen MR) is 202 cm³/mol. The summed E-state index contributed by atoms with van der Waals surface area (Å²) < 4.78 is 46.5. The molecule has 296 valence electrons. The summed E-state index contributed by atoms with van der Waals surface area (Å²) in [6.07, 6.45) is -4.40. The summed E-state index contributed by atoms with van der Waals surface area (Å²) in [5.74, 6) is -6.00. The highest BCUT2D eigenvalue weighted by molar-refractivity contribution is 6.31. The minimum Gasteiger partial charge on any atom is -0.444 e. The van der Waals surface area contributed by atoms with Gasteiger partial charge in [-0.1, -0.05) is 104 Å². The Kier molecular flexibility index (Phi) is 13.4. The van der Waals surface area contributed by atoms with Gasteiger partial charge in [0.05, 0.1) is 6.42 Å². The van der Waals surface area contributed by atoms with E-state index in [4.69, 9.17) is 16.3 Å². The maximum Gasteiger partial charge on any atom is 0.471 e. The van der Waals surface area contributed by atoms with Gasteiger partial charge in [0.25, 0.3) is 0 Å². The van der Waals surface area contributed by atoms with Crippen LogP contribution in [-0.2, 0) is 34.3 Å². The van der Waals surface area contributed by atoms with Gasteiger partial charge in [-0.25, -0.2) is 0 Å². The zero-order chi connectivity index (χ0) is 40.9. The molecule has 0 saturated carbocycles. The summed E-state index contributed by atoms with van der Waals surface area (Å²) in [5, 5.41) is 3.00. The smallest absolute Gasteiger partial charge is 0.444 e. The minimum absolute atomic E-state index is 0.281. The first-order valence-electron chi connectivity index (χ1n) is 18.0. The second kappa shape index (κ2) is 17.3. The molecule has 55 heavy (non-hydrogen) atoms. The topological polar surface area (TPSA) is 116 Å². The Hall–Kier alpha value is -4.91. The van der Waals surface area contributed by atoms with Crippen LogP contribution in [0.4, 0.5) is 13.2 Å². The first-order valence-corrected chi connectivity index (χ1v) is 18.4. The van der Waals surface area contributed by atoms with Crippen molar-refractivity contribution < 1.29 is 41.9 Å². The quantitative estimate of drug-likeness (QED) is 0.162. The van der Waals surface area contributed by atoms with Crippen molar-refractivity contribution >= 4 is 41.2 Å². The van der Waals surface area contributed by atoms with Crippen molar-refractivity contribution in [2.45, 2.75) is 83.3 Å². The highest BCUT2D eigenvalue weighted by Crippen LogP contribution is 2.44. The number of amides is 4. The van der Waals surface area contributed by atoms with Gasteiger partial charge >= 0.3 is 18.1 Å². The average Bonchev–Trinajstić information content (AvgIpc) is 3.68. The van der Waals surface area contributed by atoms with Crippen molar-refractivity contribution in [2.24, 2.45) is 5.92 Å². The van der Waals surface area contributed by atoms with E-state index in [1.54, 1.807) is 62.4 Å². The molecule has 0 spiro atoms. The molecule has 4 amide bonds. The van der Waals surface area contributed by atoms with Crippen molar-refractivity contribution in [1.82, 2.24) is 20.0 Å². The van der Waals surface area contributed by atoms with Crippen LogP contribution in [0.2, 0.25) is 5.02 Å². The van der Waals surface area contributed by atoms with Gasteiger partial charge in [-0.15, -0.1) is 0 Å². The third-order valence-corrected chi connectivity index (χ3v) is 10.4. The van der Waals surface area contributed by atoms with Gasteiger partial charge in [-0.3, -0.25) is 24.0 Å². The van der Waals surface area contributed by atoms with E-state index in [1.165, 1.54) is 11.9 Å². The van der Waals surface area contributed by atoms with Crippen LogP contribution in [0.25, 0.3) is 0 Å². The van der Waals surface area contributed by atoms with E-state index >= 15 is 0 Å². The number of carbonyl (C=O) groups is 5. The third-order valence-electron chi connectivity index (χ3n) is 10.1. The fraction of sp³-hybridized carbons (Fsp3) is 0.439. The van der Waals surface area contributed by atoms with Gasteiger partial charge < -0.3 is 24.8 Å². The molecule has 1 unspecified atom stereocenters. The summed E-state index contributed by atoms with van der Waals surface area (Å²) in [6, 6.07) is 20.6. The first-order chi connectivity index (χ1) is 25.7. The summed E-state index contributed by atoms with van der Waals surface area (Å²) in [5.41, 5.74) is -1.03. The number of aryl methyl sites for hydroxylation is 1. The van der Waals surface area contributed by atoms with E-state index in [0.29, 0.717) is 34.8 Å². The molecule has 3 atom stereocenters. The standard InChI is InChI=1S/C41H48ClF3N4O6/c1-26(2)34(47(6)37(53)39(4,5)48(7)38(54)41(43,44)45)35(51)46-32(36(52)49-23-13-14-24-49)25-33(50)55-40(28-15-9-8-10-16-28,29-21-19-27(3)20-22-29)30-17-11-12-18-31(30)42/h8-12,15-22,26,32,34H,13-14,23-25H2,1-7H3,(H,46,51)/t32-,34-,40?/m0/s1. The Labute approximate surface area is 324 Å². The highest BCUT2D eigenvalue weighted by atomic mass is 35.5. The Morgan fingerprint density at radius 2 is 1.38 bits per heavy atom. The normalized spacial score (nSPS) is 15.5. The third kappa shape index (κ3) is 9.32. The summed E-state index contributed by atoms with van der Waals surface area (Å²) in [7, 11) is 2.10. The van der Waals surface area contributed by atoms with Gasteiger partial charge in [0.15, 0.2) is 5.60 Å². The molecule has 10 nitrogen and oxygen atoms in total. The fourth-order valence-corrected chi connectivity index (χ4v) is 7.19. The van der Waals surface area contributed by atoms with Crippen LogP contribution in [0.1, 0.15) is 69.2 Å². The molecule has 0 aromatic heterocycles. The van der Waals surface area contributed by atoms with E-state index in [1.807, 2.05) is 37.3 Å². The Morgan fingerprint density at radius 3 is 1.93 bits per heavy atom. The molecule has 3 aromatic rings. The minimum atomic E-state index is -5.24. The highest BCUT2D eigenvalue weighted by Gasteiger charge is 2.50. The SMILES string of the molecule is Cc1ccc(C(OC(=O)C[C@H](NC(=O)[C@H](C(C)C)N(C)C(=O)C(C)(C)N(C)C(=O)C(F)(F)F)C(=O)N2CCCC2)(c2ccccc2)c2ccccc2Cl)cc1. The van der Waals surface area contributed by atoms with Crippen LogP contribution in [0, 0.1) is 12.8 Å². The molecule has 0 bridgehead atoms. The van der Waals surface area contributed by atoms with Crippen molar-refractivity contribution in [3.63, 3.8) is 0 Å². The molecule has 1 aliphatic rings. The number of carbonyl (C=O) groups excluding carboxylic acids is 5. The van der Waals surface area contributed by atoms with Gasteiger partial charge in [-0.2, -0.15) is 13.2 Å². The average molecular weight is 785 g/mol. The number of nitrogens with zero attached hydrogens (tertiary/aromatic N) is 3. The van der Waals surface area contributed by atoms with Crippen LogP contribution >= 0.6 is 11.6 Å². The second-order valence-corrected chi connectivity index (χ2v) is 15.1. The molecule has 1 heterocycles. The molecule has 1 saturated heterocycles. The molecule has 1 N–H and O–H groups in total. The van der Waals surface area contributed by atoms with Crippen molar-refractivity contribution in [2.75, 3.05) is 27.2 Å². The fourth-order valence-electron chi connectivity index (χ4n) is 6.92. The molecule has 0 radical (unpaired) electrons. The number of likely N-dealkylation sites (N-methyl/N-ethyl adjacent to an activating group) is 2. The van der Waals surface area contributed by atoms with E-state index < -0.39 is 71.3 Å². The summed E-state index contributed by atoms with van der Waals surface area (Å²) in [4.78, 5) is 71.2. The maximum atomic E-state index is 14.4. The number of halogens is 4. The first kappa shape index (κ1) is 42.8. The van der Waals surface area contributed by atoms with Crippen LogP contribution in [0.3, 0.4) is 0 Å². The van der Waals surface area contributed by atoms with Gasteiger partial charge in [0.2, 0.25) is 17.7 Å². The van der Waals surface area contributed by atoms with Crippen LogP contribution in [-0.4, -0.2) is 95.3 Å². The lowest BCUT2D eigenvalue weighted by molar-refractivity contribution is -0.191. The zero-order valence-corrected chi connectivity index (χ0v) is 32.8. The number of likely N-dealkylation sites (tertiary alicyclic amines) is 1. The molecule has 1 aliphatic heterocycles. The molecular weight excluding hydrogens is 737 g/mol. The zero-order valence-electron chi connectivity index (χ0n) is 32.1. The Morgan fingerprint density at radius 1 is 0.836 bits per heavy atom. The van der Waals surface area contributed by atoms with Crippen molar-refractivity contribution in [3.05, 3.63) is 106 Å². The van der Waals surface area contributed by atoms with Gasteiger partial charge in [0, 0.05) is 48.9 Å². The summed E-state index contributed by atoms with van der Waals surface area (Å²) in [6.45, 7) is 8.25. The molecular formula is C41H48ClF3N4O6. The number of nitrogens with one attached hydrogen (secondary N) is 1. The van der Waals surface area contributed by atoms with Gasteiger partial charge in [-0.05, 0) is 45.6 Å². The van der Waals surface area contributed by atoms with E-state index in [0.717, 1.165) is 44.2 Å². The summed E-state index contributed by atoms with van der Waals surface area (Å²) >= 11 is 6.83. The van der Waals surface area contributed by atoms with Crippen LogP contribution in [0.5, 0.6) is 0 Å². The number of alkyl halides is 3. The lowest BCUT2D eigenvalue weighted by atomic mass is 9.79. The lowest BCUT2D eigenvalue weighted by Crippen LogP contribution is -2.63. The molecule has 14 heteroatoms. The van der Waals surface area contributed by atoms with Crippen molar-refractivity contribution in [3.8, 4) is 0 Å². The molecule has 0 aliphatic carbocycles. The van der Waals surface area contributed by atoms with Crippen LogP contribution < -0.4 is 5.32 Å².